The van der Waals surface area contributed by atoms with E-state index in [-0.39, 0.29) is 60.5 Å². The molecule has 184 valence electrons. The van der Waals surface area contributed by atoms with E-state index in [4.69, 9.17) is 4.74 Å². The summed E-state index contributed by atoms with van der Waals surface area (Å²) >= 11 is 3.39. The van der Waals surface area contributed by atoms with E-state index in [1.165, 1.54) is 6.42 Å². The minimum atomic E-state index is -0.755. The molecule has 8 nitrogen and oxygen atoms in total. The average molecular weight is 548 g/mol. The van der Waals surface area contributed by atoms with E-state index in [1.807, 2.05) is 24.3 Å². The van der Waals surface area contributed by atoms with E-state index < -0.39 is 18.2 Å². The van der Waals surface area contributed by atoms with E-state index in [9.17, 15) is 19.5 Å². The van der Waals surface area contributed by atoms with Gasteiger partial charge in [-0.15, -0.1) is 0 Å². The number of hydrogen-bond acceptors (Lipinski definition) is 5. The third-order valence-electron chi connectivity index (χ3n) is 6.46. The van der Waals surface area contributed by atoms with Crippen molar-refractivity contribution in [3.05, 3.63) is 34.3 Å². The van der Waals surface area contributed by atoms with E-state index in [0.717, 1.165) is 35.7 Å². The molecule has 0 radical (unpaired) electrons. The molecular weight excluding hydrogens is 513 g/mol. The summed E-state index contributed by atoms with van der Waals surface area (Å²) < 4.78 is 6.25. The third kappa shape index (κ3) is 9.49. The molecule has 1 heterocycles. The molecule has 0 bridgehead atoms. The topological polar surface area (TPSA) is 117 Å². The Balaban J connectivity index is 0.00000408. The monoisotopic (exact) mass is 547 g/mol. The second-order valence-electron chi connectivity index (χ2n) is 9.04. The first-order valence-electron chi connectivity index (χ1n) is 11.8. The van der Waals surface area contributed by atoms with Crippen molar-refractivity contribution < 1.29 is 24.2 Å². The molecule has 1 saturated heterocycles. The Kier molecular flexibility index (Phi) is 12.9. The van der Waals surface area contributed by atoms with Gasteiger partial charge in [-0.05, 0) is 42.9 Å². The molecule has 3 amide bonds. The van der Waals surface area contributed by atoms with E-state index in [0.29, 0.717) is 31.7 Å². The molecule has 0 spiro atoms. The summed E-state index contributed by atoms with van der Waals surface area (Å²) in [6.45, 7) is 0.448. The van der Waals surface area contributed by atoms with Crippen molar-refractivity contribution >= 4 is 63.4 Å². The van der Waals surface area contributed by atoms with Crippen LogP contribution < -0.4 is 16.0 Å². The van der Waals surface area contributed by atoms with Crippen molar-refractivity contribution in [1.82, 2.24) is 16.0 Å². The normalized spacial score (nSPS) is 19.9. The molecule has 10 heteroatoms. The molecule has 2 fully saturated rings. The summed E-state index contributed by atoms with van der Waals surface area (Å²) in [5.41, 5.74) is 0.836. The van der Waals surface area contributed by atoms with Crippen LogP contribution >= 0.6 is 15.9 Å². The Hall–Kier alpha value is -1.13. The first-order chi connectivity index (χ1) is 15.9. The maximum atomic E-state index is 13.1. The van der Waals surface area contributed by atoms with Gasteiger partial charge in [-0.1, -0.05) is 60.2 Å². The summed E-state index contributed by atoms with van der Waals surface area (Å²) in [5, 5.41) is 18.1. The van der Waals surface area contributed by atoms with Gasteiger partial charge >= 0.3 is 35.7 Å². The van der Waals surface area contributed by atoms with Gasteiger partial charge in [0.25, 0.3) is 0 Å². The molecule has 1 aliphatic carbocycles. The molecule has 2 aliphatic rings. The molecule has 3 rings (SSSR count). The van der Waals surface area contributed by atoms with Gasteiger partial charge in [-0.25, -0.2) is 4.79 Å². The molecule has 1 aromatic rings. The molecule has 4 N–H and O–H groups in total. The first kappa shape index (κ1) is 29.1. The molecule has 34 heavy (non-hydrogen) atoms. The fraction of sp³-hybridized carbons (Fsp3) is 0.625. The van der Waals surface area contributed by atoms with E-state index in [2.05, 4.69) is 31.9 Å². The Labute approximate surface area is 231 Å². The van der Waals surface area contributed by atoms with Crippen LogP contribution in [0.25, 0.3) is 0 Å². The van der Waals surface area contributed by atoms with Crippen molar-refractivity contribution in [1.29, 1.82) is 0 Å². The number of ether oxygens (including phenoxy) is 1. The number of rotatable bonds is 10. The van der Waals surface area contributed by atoms with Crippen LogP contribution in [0.5, 0.6) is 0 Å². The van der Waals surface area contributed by atoms with Crippen LogP contribution in [0.15, 0.2) is 28.7 Å². The van der Waals surface area contributed by atoms with Gasteiger partial charge < -0.3 is 25.8 Å². The number of aliphatic hydroxyl groups excluding tert-OH is 1. The quantitative estimate of drug-likeness (QED) is 0.335. The zero-order chi connectivity index (χ0) is 23.6. The number of hydrogen-bond donors (Lipinski definition) is 4. The first-order valence-corrected chi connectivity index (χ1v) is 12.6. The molecule has 0 unspecified atom stereocenters. The Morgan fingerprint density at radius 3 is 2.56 bits per heavy atom. The fourth-order valence-electron chi connectivity index (χ4n) is 4.64. The second kappa shape index (κ2) is 15.1. The predicted octanol–water partition coefficient (Wildman–Crippen LogP) is 2.37. The number of carbonyl (C=O) groups excluding carboxylic acids is 3. The molecule has 1 aromatic carbocycles. The van der Waals surface area contributed by atoms with Crippen LogP contribution in [0.4, 0.5) is 4.79 Å². The van der Waals surface area contributed by atoms with Crippen LogP contribution in [0.2, 0.25) is 0 Å². The number of amides is 3. The van der Waals surface area contributed by atoms with Gasteiger partial charge in [0.1, 0.15) is 12.6 Å². The summed E-state index contributed by atoms with van der Waals surface area (Å²) in [5.74, 6) is -0.261. The van der Waals surface area contributed by atoms with Crippen molar-refractivity contribution in [2.24, 2.45) is 11.8 Å². The Morgan fingerprint density at radius 2 is 1.91 bits per heavy atom. The number of alkyl carbamates (subject to hydrolysis) is 1. The van der Waals surface area contributed by atoms with Crippen molar-refractivity contribution in [2.45, 2.75) is 70.1 Å². The summed E-state index contributed by atoms with van der Waals surface area (Å²) in [7, 11) is 0. The molecular formula is C24H35BrN3NaO5. The second-order valence-corrected chi connectivity index (χ2v) is 9.96. The Morgan fingerprint density at radius 1 is 1.15 bits per heavy atom. The van der Waals surface area contributed by atoms with Crippen molar-refractivity contribution in [3.63, 3.8) is 0 Å². The Bertz CT molecular complexity index is 822. The van der Waals surface area contributed by atoms with Gasteiger partial charge in [0, 0.05) is 16.9 Å². The van der Waals surface area contributed by atoms with Crippen molar-refractivity contribution in [3.8, 4) is 0 Å². The van der Waals surface area contributed by atoms with Gasteiger partial charge in [-0.2, -0.15) is 0 Å². The number of aliphatic hydroxyl groups is 1. The van der Waals surface area contributed by atoms with Gasteiger partial charge in [0.05, 0.1) is 12.6 Å². The van der Waals surface area contributed by atoms with Gasteiger partial charge in [0.15, 0.2) is 0 Å². The van der Waals surface area contributed by atoms with Crippen molar-refractivity contribution in [2.75, 3.05) is 13.2 Å². The van der Waals surface area contributed by atoms with Crippen LogP contribution in [0.3, 0.4) is 0 Å². The summed E-state index contributed by atoms with van der Waals surface area (Å²) in [4.78, 5) is 37.5. The minimum absolute atomic E-state index is 0. The average Bonchev–Trinajstić information content (AvgIpc) is 3.21. The summed E-state index contributed by atoms with van der Waals surface area (Å²) in [6.07, 6.45) is 6.46. The third-order valence-corrected chi connectivity index (χ3v) is 6.95. The number of nitrogens with one attached hydrogen (secondary N) is 3. The SMILES string of the molecule is O=C(N[C@@H](CC1CCCCC1)C(=O)N[C@H](CO)C[C@@H]1CCNC1=O)OCc1cccc(Br)c1.[NaH]. The number of benzene rings is 1. The number of halogens is 1. The molecule has 0 aromatic heterocycles. The number of carbonyl (C=O) groups is 3. The molecule has 3 atom stereocenters. The van der Waals surface area contributed by atoms with Gasteiger partial charge in [0.2, 0.25) is 11.8 Å². The fourth-order valence-corrected chi connectivity index (χ4v) is 5.09. The maximum absolute atomic E-state index is 13.1. The standard InChI is InChI=1S/C24H34BrN3O5.Na.H/c25-19-8-4-7-17(11-19)15-33-24(32)28-21(12-16-5-2-1-3-6-16)23(31)27-20(14-29)13-18-9-10-26-22(18)30;;/h4,7-8,11,16,18,20-21,29H,1-3,5-6,9-10,12-15H2,(H,26,30)(H,27,31)(H,28,32);;/t18-,20-,21-;;/m0../s1. The van der Waals surface area contributed by atoms with E-state index in [1.54, 1.807) is 0 Å². The van der Waals surface area contributed by atoms with Gasteiger partial charge in [-0.3, -0.25) is 9.59 Å². The van der Waals surface area contributed by atoms with Crippen LogP contribution in [-0.2, 0) is 20.9 Å². The zero-order valence-corrected chi connectivity index (χ0v) is 20.4. The van der Waals surface area contributed by atoms with E-state index >= 15 is 0 Å². The van der Waals surface area contributed by atoms with Crippen LogP contribution in [0.1, 0.15) is 56.9 Å². The summed E-state index contributed by atoms with van der Waals surface area (Å²) in [6, 6.07) is 6.18. The zero-order valence-electron chi connectivity index (χ0n) is 18.9. The molecule has 1 aliphatic heterocycles. The van der Waals surface area contributed by atoms with Crippen LogP contribution in [-0.4, -0.2) is 77.8 Å². The van der Waals surface area contributed by atoms with Crippen LogP contribution in [0, 0.1) is 11.8 Å². The predicted molar refractivity (Wildman–Crippen MR) is 134 cm³/mol. The molecule has 1 saturated carbocycles.